The molecule has 1 aromatic carbocycles. The molecule has 0 amide bonds. The largest absolute Gasteiger partial charge is 0.461 e. The normalized spacial score (nSPS) is 11.9. The minimum absolute atomic E-state index is 0.0454. The molecule has 1 rings (SSSR count). The highest BCUT2D eigenvalue weighted by atomic mass is 16.6. The topological polar surface area (TPSA) is 82.1 Å². The van der Waals surface area contributed by atoms with Crippen molar-refractivity contribution in [2.75, 3.05) is 19.6 Å². The van der Waals surface area contributed by atoms with Gasteiger partial charge in [-0.05, 0) is 66.5 Å². The summed E-state index contributed by atoms with van der Waals surface area (Å²) in [5.41, 5.74) is -0.161. The van der Waals surface area contributed by atoms with Crippen LogP contribution in [-0.2, 0) is 35.2 Å². The van der Waals surface area contributed by atoms with Crippen LogP contribution in [0, 0.1) is 0 Å². The van der Waals surface area contributed by atoms with Gasteiger partial charge in [0.15, 0.2) is 0 Å². The van der Waals surface area contributed by atoms with E-state index in [2.05, 4.69) is 0 Å². The molecule has 1 aromatic rings. The summed E-state index contributed by atoms with van der Waals surface area (Å²) in [4.78, 5) is 38.2. The predicted octanol–water partition coefficient (Wildman–Crippen LogP) is 5.06. The van der Waals surface area contributed by atoms with Gasteiger partial charge in [0.25, 0.3) is 0 Å². The van der Waals surface area contributed by atoms with E-state index in [0.29, 0.717) is 19.6 Å². The van der Waals surface area contributed by atoms with Gasteiger partial charge in [-0.1, -0.05) is 49.6 Å². The number of carbonyl (C=O) groups is 3. The van der Waals surface area contributed by atoms with Gasteiger partial charge in [-0.25, -0.2) is 0 Å². The average molecular weight is 478 g/mol. The number of benzene rings is 1. The van der Waals surface area contributed by atoms with Crippen molar-refractivity contribution in [2.24, 2.45) is 0 Å². The van der Waals surface area contributed by atoms with Crippen LogP contribution < -0.4 is 0 Å². The van der Waals surface area contributed by atoms with Crippen molar-refractivity contribution in [2.45, 2.75) is 97.9 Å². The Kier molecular flexibility index (Phi) is 12.9. The summed E-state index contributed by atoms with van der Waals surface area (Å²) in [7, 11) is 0. The molecular weight excluding hydrogens is 434 g/mol. The van der Waals surface area contributed by atoms with Gasteiger partial charge in [0.05, 0.1) is 13.1 Å². The maximum absolute atomic E-state index is 12.3. The highest BCUT2D eigenvalue weighted by molar-refractivity contribution is 5.75. The van der Waals surface area contributed by atoms with Crippen molar-refractivity contribution in [1.29, 1.82) is 0 Å². The molecule has 0 spiro atoms. The first-order valence-electron chi connectivity index (χ1n) is 12.2. The van der Waals surface area contributed by atoms with Gasteiger partial charge in [0.2, 0.25) is 0 Å². The number of rotatable bonds is 14. The Labute approximate surface area is 205 Å². The van der Waals surface area contributed by atoms with E-state index in [-0.39, 0.29) is 31.0 Å². The van der Waals surface area contributed by atoms with Gasteiger partial charge >= 0.3 is 17.9 Å². The van der Waals surface area contributed by atoms with Gasteiger partial charge < -0.3 is 14.2 Å². The van der Waals surface area contributed by atoms with Crippen LogP contribution in [0.1, 0.15) is 85.6 Å². The highest BCUT2D eigenvalue weighted by Gasteiger charge is 2.23. The maximum atomic E-state index is 12.3. The van der Waals surface area contributed by atoms with Crippen molar-refractivity contribution < 1.29 is 28.6 Å². The van der Waals surface area contributed by atoms with Gasteiger partial charge in [0, 0.05) is 6.42 Å². The molecule has 0 saturated carbocycles. The molecule has 0 unspecified atom stereocenters. The van der Waals surface area contributed by atoms with Crippen molar-refractivity contribution in [3.8, 4) is 0 Å². The molecule has 0 aliphatic rings. The minimum atomic E-state index is -0.573. The molecule has 0 saturated heterocycles. The van der Waals surface area contributed by atoms with Crippen molar-refractivity contribution in [3.05, 3.63) is 35.9 Å². The summed E-state index contributed by atoms with van der Waals surface area (Å²) in [6, 6.07) is 9.64. The summed E-state index contributed by atoms with van der Waals surface area (Å²) in [6.45, 7) is 11.9. The number of nitrogens with zero attached hydrogens (tertiary/aromatic N) is 1. The fraction of sp³-hybridized carbons (Fsp3) is 0.667. The zero-order chi connectivity index (χ0) is 25.6. The van der Waals surface area contributed by atoms with Crippen LogP contribution >= 0.6 is 0 Å². The van der Waals surface area contributed by atoms with Crippen LogP contribution in [0.3, 0.4) is 0 Å². The molecule has 0 radical (unpaired) electrons. The van der Waals surface area contributed by atoms with E-state index in [0.717, 1.165) is 37.7 Å². The van der Waals surface area contributed by atoms with Crippen molar-refractivity contribution >= 4 is 17.9 Å². The van der Waals surface area contributed by atoms with E-state index in [9.17, 15) is 14.4 Å². The summed E-state index contributed by atoms with van der Waals surface area (Å²) in [5.74, 6) is -0.889. The van der Waals surface area contributed by atoms with Crippen LogP contribution in [-0.4, -0.2) is 53.6 Å². The first-order chi connectivity index (χ1) is 15.8. The van der Waals surface area contributed by atoms with Crippen LogP contribution in [0.5, 0.6) is 0 Å². The minimum Gasteiger partial charge on any atom is -0.461 e. The zero-order valence-electron chi connectivity index (χ0n) is 21.9. The van der Waals surface area contributed by atoms with E-state index in [1.165, 1.54) is 0 Å². The van der Waals surface area contributed by atoms with Crippen LogP contribution in [0.25, 0.3) is 0 Å². The van der Waals surface area contributed by atoms with E-state index >= 15 is 0 Å². The third kappa shape index (κ3) is 16.2. The average Bonchev–Trinajstić information content (AvgIpc) is 2.69. The molecule has 0 N–H and O–H groups in total. The quantitative estimate of drug-likeness (QED) is 0.210. The number of unbranched alkanes of at least 4 members (excludes halogenated alkanes) is 4. The summed E-state index contributed by atoms with van der Waals surface area (Å²) in [5, 5.41) is 0. The maximum Gasteiger partial charge on any atom is 0.320 e. The van der Waals surface area contributed by atoms with Gasteiger partial charge in [-0.2, -0.15) is 0 Å². The molecule has 7 heteroatoms. The van der Waals surface area contributed by atoms with E-state index in [1.807, 2.05) is 71.9 Å². The van der Waals surface area contributed by atoms with Crippen LogP contribution in [0.15, 0.2) is 30.3 Å². The molecule has 0 fully saturated rings. The van der Waals surface area contributed by atoms with E-state index < -0.39 is 11.2 Å². The third-order valence-corrected chi connectivity index (χ3v) is 4.64. The molecule has 0 atom stereocenters. The number of hydrogen-bond donors (Lipinski definition) is 0. The molecule has 0 bridgehead atoms. The molecule has 0 aliphatic carbocycles. The molecule has 0 aliphatic heterocycles. The Bertz CT molecular complexity index is 719. The Morgan fingerprint density at radius 1 is 0.706 bits per heavy atom. The summed E-state index contributed by atoms with van der Waals surface area (Å²) >= 11 is 0. The summed E-state index contributed by atoms with van der Waals surface area (Å²) < 4.78 is 16.1. The number of ether oxygens (including phenoxy) is 3. The molecule has 7 nitrogen and oxygen atoms in total. The smallest absolute Gasteiger partial charge is 0.320 e. The standard InChI is InChI=1S/C27H43NO6/c1-26(2,3)33-24(30)19-28(20-25(31)34-27(4,5)6)18-14-9-7-8-13-17-23(29)32-21-22-15-11-10-12-16-22/h10-12,15-16H,7-9,13-14,17-21H2,1-6H3. The lowest BCUT2D eigenvalue weighted by molar-refractivity contribution is -0.160. The van der Waals surface area contributed by atoms with Gasteiger partial charge in [-0.3, -0.25) is 19.3 Å². The number of carbonyl (C=O) groups excluding carboxylic acids is 3. The monoisotopic (exact) mass is 477 g/mol. The Morgan fingerprint density at radius 3 is 1.74 bits per heavy atom. The van der Waals surface area contributed by atoms with Crippen molar-refractivity contribution in [1.82, 2.24) is 4.90 Å². The molecule has 0 heterocycles. The lowest BCUT2D eigenvalue weighted by Crippen LogP contribution is -2.40. The Hall–Kier alpha value is -2.41. The second-order valence-corrected chi connectivity index (χ2v) is 10.5. The van der Waals surface area contributed by atoms with Gasteiger partial charge in [0.1, 0.15) is 17.8 Å². The third-order valence-electron chi connectivity index (χ3n) is 4.64. The summed E-state index contributed by atoms with van der Waals surface area (Å²) in [6.07, 6.45) is 4.88. The highest BCUT2D eigenvalue weighted by Crippen LogP contribution is 2.12. The van der Waals surface area contributed by atoms with E-state index in [1.54, 1.807) is 4.90 Å². The van der Waals surface area contributed by atoms with Crippen molar-refractivity contribution in [3.63, 3.8) is 0 Å². The molecule has 0 aromatic heterocycles. The fourth-order valence-corrected chi connectivity index (χ4v) is 3.27. The number of esters is 3. The molecule has 34 heavy (non-hydrogen) atoms. The lowest BCUT2D eigenvalue weighted by Gasteiger charge is -2.26. The predicted molar refractivity (Wildman–Crippen MR) is 132 cm³/mol. The van der Waals surface area contributed by atoms with Crippen LogP contribution in [0.4, 0.5) is 0 Å². The molecule has 192 valence electrons. The SMILES string of the molecule is CC(C)(C)OC(=O)CN(CCCCCCCC(=O)OCc1ccccc1)CC(=O)OC(C)(C)C. The number of hydrogen-bond acceptors (Lipinski definition) is 7. The van der Waals surface area contributed by atoms with Crippen LogP contribution in [0.2, 0.25) is 0 Å². The first kappa shape index (κ1) is 29.6. The Balaban J connectivity index is 2.30. The zero-order valence-corrected chi connectivity index (χ0v) is 21.9. The van der Waals surface area contributed by atoms with Gasteiger partial charge in [-0.15, -0.1) is 0 Å². The first-order valence-corrected chi connectivity index (χ1v) is 12.2. The van der Waals surface area contributed by atoms with E-state index in [4.69, 9.17) is 14.2 Å². The fourth-order valence-electron chi connectivity index (χ4n) is 3.27. The second-order valence-electron chi connectivity index (χ2n) is 10.5. The Morgan fingerprint density at radius 2 is 1.21 bits per heavy atom. The lowest BCUT2D eigenvalue weighted by atomic mass is 10.1. The second kappa shape index (κ2) is 14.8. The molecular formula is C27H43NO6.